The Hall–Kier alpha value is -0.0800. The standard InChI is InChI=1S/C14H26N2.C2H6/c1-3-12-5-14(6-12)10-16(11-14)9-13-7-15(4-2)8-13;1-2/h12-13H,3-11H2,1-2H3;1-2H3. The zero-order chi connectivity index (χ0) is 13.2. The first-order valence-corrected chi connectivity index (χ1v) is 8.18. The number of hydrogen-bond acceptors (Lipinski definition) is 2. The summed E-state index contributed by atoms with van der Waals surface area (Å²) in [6.45, 7) is 16.8. The van der Waals surface area contributed by atoms with Gasteiger partial charge in [0, 0.05) is 32.7 Å². The second-order valence-electron chi connectivity index (χ2n) is 6.57. The molecule has 106 valence electrons. The van der Waals surface area contributed by atoms with Crippen molar-refractivity contribution in [1.29, 1.82) is 0 Å². The van der Waals surface area contributed by atoms with Crippen molar-refractivity contribution in [3.8, 4) is 0 Å². The van der Waals surface area contributed by atoms with Crippen LogP contribution in [0.4, 0.5) is 0 Å². The highest BCUT2D eigenvalue weighted by Gasteiger charge is 2.51. The fourth-order valence-electron chi connectivity index (χ4n) is 4.16. The molecule has 0 aromatic heterocycles. The summed E-state index contributed by atoms with van der Waals surface area (Å²) in [5, 5.41) is 0. The van der Waals surface area contributed by atoms with Crippen molar-refractivity contribution in [2.24, 2.45) is 17.3 Å². The summed E-state index contributed by atoms with van der Waals surface area (Å²) in [7, 11) is 0. The zero-order valence-electron chi connectivity index (χ0n) is 12.9. The van der Waals surface area contributed by atoms with Crippen LogP contribution in [0.5, 0.6) is 0 Å². The highest BCUT2D eigenvalue weighted by atomic mass is 15.3. The van der Waals surface area contributed by atoms with Gasteiger partial charge in [0.05, 0.1) is 0 Å². The van der Waals surface area contributed by atoms with E-state index in [1.807, 2.05) is 13.8 Å². The average Bonchev–Trinajstić information content (AvgIpc) is 2.25. The molecule has 3 rings (SSSR count). The van der Waals surface area contributed by atoms with Gasteiger partial charge in [0.25, 0.3) is 0 Å². The van der Waals surface area contributed by atoms with Crippen molar-refractivity contribution >= 4 is 0 Å². The first-order valence-electron chi connectivity index (χ1n) is 8.18. The fraction of sp³-hybridized carbons (Fsp3) is 1.00. The second-order valence-corrected chi connectivity index (χ2v) is 6.57. The molecule has 0 radical (unpaired) electrons. The van der Waals surface area contributed by atoms with E-state index in [1.54, 1.807) is 0 Å². The molecule has 0 N–H and O–H groups in total. The van der Waals surface area contributed by atoms with Crippen LogP contribution < -0.4 is 0 Å². The maximum Gasteiger partial charge on any atom is 0.00508 e. The minimum Gasteiger partial charge on any atom is -0.303 e. The Morgan fingerprint density at radius 1 is 0.944 bits per heavy atom. The predicted octanol–water partition coefficient (Wildman–Crippen LogP) is 3.09. The van der Waals surface area contributed by atoms with E-state index in [1.165, 1.54) is 58.5 Å². The van der Waals surface area contributed by atoms with Crippen LogP contribution in [0.1, 0.15) is 47.0 Å². The molecule has 2 saturated heterocycles. The molecule has 3 fully saturated rings. The predicted molar refractivity (Wildman–Crippen MR) is 78.8 cm³/mol. The van der Waals surface area contributed by atoms with Crippen molar-refractivity contribution in [2.75, 3.05) is 39.3 Å². The number of nitrogens with zero attached hydrogens (tertiary/aromatic N) is 2. The number of likely N-dealkylation sites (tertiary alicyclic amines) is 2. The maximum absolute atomic E-state index is 2.71. The quantitative estimate of drug-likeness (QED) is 0.758. The summed E-state index contributed by atoms with van der Waals surface area (Å²) >= 11 is 0. The van der Waals surface area contributed by atoms with E-state index in [-0.39, 0.29) is 0 Å². The van der Waals surface area contributed by atoms with Crippen LogP contribution in [0.25, 0.3) is 0 Å². The lowest BCUT2D eigenvalue weighted by Gasteiger charge is -2.60. The van der Waals surface area contributed by atoms with Crippen LogP contribution in [0.3, 0.4) is 0 Å². The minimum absolute atomic E-state index is 0.800. The van der Waals surface area contributed by atoms with Crippen molar-refractivity contribution in [1.82, 2.24) is 9.80 Å². The van der Waals surface area contributed by atoms with Crippen LogP contribution in [-0.4, -0.2) is 49.1 Å². The van der Waals surface area contributed by atoms with E-state index < -0.39 is 0 Å². The van der Waals surface area contributed by atoms with Crippen LogP contribution in [0.15, 0.2) is 0 Å². The molecule has 1 saturated carbocycles. The van der Waals surface area contributed by atoms with Crippen LogP contribution in [0.2, 0.25) is 0 Å². The lowest BCUT2D eigenvalue weighted by atomic mass is 9.57. The highest BCUT2D eigenvalue weighted by molar-refractivity contribution is 5.04. The Bertz CT molecular complexity index is 241. The van der Waals surface area contributed by atoms with Gasteiger partial charge in [0.15, 0.2) is 0 Å². The molecule has 2 nitrogen and oxygen atoms in total. The van der Waals surface area contributed by atoms with Gasteiger partial charge in [0.1, 0.15) is 0 Å². The highest BCUT2D eigenvalue weighted by Crippen LogP contribution is 2.53. The summed E-state index contributed by atoms with van der Waals surface area (Å²) in [4.78, 5) is 5.26. The Morgan fingerprint density at radius 2 is 1.56 bits per heavy atom. The number of rotatable bonds is 4. The van der Waals surface area contributed by atoms with Crippen molar-refractivity contribution < 1.29 is 0 Å². The van der Waals surface area contributed by atoms with Gasteiger partial charge in [-0.05, 0) is 36.6 Å². The minimum atomic E-state index is 0.800. The van der Waals surface area contributed by atoms with Crippen molar-refractivity contribution in [3.05, 3.63) is 0 Å². The fourth-order valence-corrected chi connectivity index (χ4v) is 4.16. The Kier molecular flexibility index (Phi) is 4.71. The molecule has 0 amide bonds. The molecule has 1 spiro atoms. The zero-order valence-corrected chi connectivity index (χ0v) is 12.9. The third-order valence-corrected chi connectivity index (χ3v) is 5.14. The Morgan fingerprint density at radius 3 is 2.06 bits per heavy atom. The normalized spacial score (nSPS) is 28.0. The first kappa shape index (κ1) is 14.3. The molecule has 1 aliphatic carbocycles. The summed E-state index contributed by atoms with van der Waals surface area (Å²) in [5.74, 6) is 2.06. The summed E-state index contributed by atoms with van der Waals surface area (Å²) < 4.78 is 0. The Labute approximate surface area is 114 Å². The molecule has 0 atom stereocenters. The van der Waals surface area contributed by atoms with E-state index in [0.29, 0.717) is 0 Å². The molecule has 0 aromatic rings. The summed E-state index contributed by atoms with van der Waals surface area (Å²) in [6, 6.07) is 0. The van der Waals surface area contributed by atoms with Crippen LogP contribution >= 0.6 is 0 Å². The molecule has 0 unspecified atom stereocenters. The molecule has 2 heterocycles. The second kappa shape index (κ2) is 5.92. The molecule has 2 aliphatic heterocycles. The van der Waals surface area contributed by atoms with Gasteiger partial charge in [0.2, 0.25) is 0 Å². The van der Waals surface area contributed by atoms with E-state index in [4.69, 9.17) is 0 Å². The van der Waals surface area contributed by atoms with Crippen molar-refractivity contribution in [3.63, 3.8) is 0 Å². The first-order chi connectivity index (χ1) is 8.73. The molecular weight excluding hydrogens is 220 g/mol. The topological polar surface area (TPSA) is 6.48 Å². The monoisotopic (exact) mass is 252 g/mol. The molecule has 0 bridgehead atoms. The van der Waals surface area contributed by atoms with Crippen LogP contribution in [-0.2, 0) is 0 Å². The third-order valence-electron chi connectivity index (χ3n) is 5.14. The smallest absolute Gasteiger partial charge is 0.00508 e. The summed E-state index contributed by atoms with van der Waals surface area (Å²) in [5.41, 5.74) is 0.800. The largest absolute Gasteiger partial charge is 0.303 e. The Balaban J connectivity index is 0.000000574. The van der Waals surface area contributed by atoms with Gasteiger partial charge in [-0.25, -0.2) is 0 Å². The van der Waals surface area contributed by atoms with Gasteiger partial charge >= 0.3 is 0 Å². The van der Waals surface area contributed by atoms with Gasteiger partial charge in [-0.2, -0.15) is 0 Å². The SMILES string of the molecule is CC.CCC1CC2(C1)CN(CC1CN(CC)C1)C2. The number of hydrogen-bond donors (Lipinski definition) is 0. The lowest BCUT2D eigenvalue weighted by Crippen LogP contribution is -2.64. The van der Waals surface area contributed by atoms with E-state index >= 15 is 0 Å². The average molecular weight is 252 g/mol. The van der Waals surface area contributed by atoms with Crippen molar-refractivity contribution in [2.45, 2.75) is 47.0 Å². The van der Waals surface area contributed by atoms with Gasteiger partial charge in [-0.15, -0.1) is 0 Å². The summed E-state index contributed by atoms with van der Waals surface area (Å²) in [6.07, 6.45) is 4.48. The third kappa shape index (κ3) is 2.75. The molecule has 18 heavy (non-hydrogen) atoms. The van der Waals surface area contributed by atoms with E-state index in [0.717, 1.165) is 17.3 Å². The maximum atomic E-state index is 2.71. The van der Waals surface area contributed by atoms with Gasteiger partial charge < -0.3 is 9.80 Å². The molecule has 0 aromatic carbocycles. The van der Waals surface area contributed by atoms with Crippen LogP contribution in [0, 0.1) is 17.3 Å². The molecular formula is C16H32N2. The van der Waals surface area contributed by atoms with Gasteiger partial charge in [-0.3, -0.25) is 0 Å². The van der Waals surface area contributed by atoms with E-state index in [9.17, 15) is 0 Å². The molecule has 2 heteroatoms. The lowest BCUT2D eigenvalue weighted by molar-refractivity contribution is -0.108. The van der Waals surface area contributed by atoms with Gasteiger partial charge in [-0.1, -0.05) is 34.1 Å². The van der Waals surface area contributed by atoms with E-state index in [2.05, 4.69) is 23.6 Å². The molecule has 3 aliphatic rings.